The van der Waals surface area contributed by atoms with Gasteiger partial charge in [-0.15, -0.1) is 0 Å². The molecule has 11 heteroatoms. The fourth-order valence-electron chi connectivity index (χ4n) is 7.84. The molecule has 0 aliphatic heterocycles. The van der Waals surface area contributed by atoms with Gasteiger partial charge in [-0.25, -0.2) is 15.0 Å². The van der Waals surface area contributed by atoms with Gasteiger partial charge in [0.1, 0.15) is 18.2 Å². The fraction of sp³-hybridized carbons (Fsp3) is 0.848. The predicted molar refractivity (Wildman–Crippen MR) is 182 cm³/mol. The highest BCUT2D eigenvalue weighted by Crippen LogP contribution is 2.56. The molecule has 2 aliphatic rings. The third-order valence-electron chi connectivity index (χ3n) is 10.4. The molecule has 0 saturated heterocycles. The van der Waals surface area contributed by atoms with Crippen LogP contribution in [0.5, 0.6) is 0 Å². The van der Waals surface area contributed by atoms with E-state index < -0.39 is 15.7 Å². The van der Waals surface area contributed by atoms with E-state index in [1.54, 1.807) is 36.2 Å². The van der Waals surface area contributed by atoms with Crippen LogP contribution >= 0.6 is 7.60 Å². The van der Waals surface area contributed by atoms with Crippen molar-refractivity contribution in [2.45, 2.75) is 153 Å². The lowest BCUT2D eigenvalue weighted by Gasteiger charge is -2.36. The largest absolute Gasteiger partial charge is 0.382 e. The van der Waals surface area contributed by atoms with Crippen LogP contribution in [-0.4, -0.2) is 51.5 Å². The zero-order valence-corrected chi connectivity index (χ0v) is 29.7. The number of fused-ring (bicyclic) bond motifs is 3. The number of nitrogens with two attached hydrogens (primary N) is 1. The minimum Gasteiger partial charge on any atom is -0.382 e. The molecular formula is C33H60N5O4PSi. The minimum atomic E-state index is -3.78. The topological polar surface area (TPSA) is 125 Å². The molecule has 5 atom stereocenters. The summed E-state index contributed by atoms with van der Waals surface area (Å²) in [5, 5.41) is 0. The molecule has 2 aliphatic carbocycles. The van der Waals surface area contributed by atoms with Gasteiger partial charge in [0.2, 0.25) is 0 Å². The first-order chi connectivity index (χ1) is 21.1. The number of ether oxygens (including phenoxy) is 1. The Morgan fingerprint density at radius 2 is 1.59 bits per heavy atom. The zero-order valence-electron chi connectivity index (χ0n) is 27.8. The summed E-state index contributed by atoms with van der Waals surface area (Å²) in [5.74, 6) is 2.54. The normalized spacial score (nSPS) is 22.1. The number of rotatable bonds is 23. The van der Waals surface area contributed by atoms with Crippen LogP contribution in [0.1, 0.15) is 116 Å². The van der Waals surface area contributed by atoms with Crippen molar-refractivity contribution >= 4 is 32.7 Å². The Bertz CT molecular complexity index is 1180. The molecule has 4 rings (SSSR count). The summed E-state index contributed by atoms with van der Waals surface area (Å²) >= 11 is 0. The highest BCUT2D eigenvalue weighted by atomic mass is 31.2. The van der Waals surface area contributed by atoms with Gasteiger partial charge in [-0.05, 0) is 43.6 Å². The highest BCUT2D eigenvalue weighted by molar-refractivity contribution is 7.52. The van der Waals surface area contributed by atoms with E-state index in [9.17, 15) is 9.46 Å². The van der Waals surface area contributed by atoms with Crippen LogP contribution in [0.3, 0.4) is 0 Å². The van der Waals surface area contributed by atoms with Gasteiger partial charge in [0.25, 0.3) is 0 Å². The highest BCUT2D eigenvalue weighted by Gasteiger charge is 2.46. The Morgan fingerprint density at radius 1 is 0.955 bits per heavy atom. The Morgan fingerprint density at radius 3 is 2.20 bits per heavy atom. The molecule has 0 aromatic carbocycles. The third kappa shape index (κ3) is 11.2. The first-order valence-corrected chi connectivity index (χ1v) is 22.7. The lowest BCUT2D eigenvalue weighted by atomic mass is 10.0. The van der Waals surface area contributed by atoms with Crippen LogP contribution < -0.4 is 5.73 Å². The smallest absolute Gasteiger partial charge is 0.353 e. The van der Waals surface area contributed by atoms with E-state index in [4.69, 9.17) is 15.0 Å². The number of nitrogens with zero attached hydrogens (tertiary/aromatic N) is 4. The van der Waals surface area contributed by atoms with Crippen LogP contribution in [0, 0.1) is 11.8 Å². The van der Waals surface area contributed by atoms with Gasteiger partial charge in [-0.1, -0.05) is 109 Å². The lowest BCUT2D eigenvalue weighted by molar-refractivity contribution is 0.0715. The van der Waals surface area contributed by atoms with E-state index in [-0.39, 0.29) is 19.1 Å². The number of hydrogen-bond donors (Lipinski definition) is 2. The fourth-order valence-corrected chi connectivity index (χ4v) is 12.9. The SMILES string of the molecule is C[C@H](Cn1cnc2c(N)ncnc21)OCP(=O)(O)OCCCCCCCCCCCCCCC[Si](C)(C)C1CC2CCC1C2. The Hall–Kier alpha value is -1.32. The second-order valence-electron chi connectivity index (χ2n) is 14.5. The number of hydrogen-bond acceptors (Lipinski definition) is 7. The van der Waals surface area contributed by atoms with Gasteiger partial charge in [-0.2, -0.15) is 0 Å². The molecule has 2 aromatic rings. The molecule has 0 spiro atoms. The van der Waals surface area contributed by atoms with E-state index >= 15 is 0 Å². The van der Waals surface area contributed by atoms with Crippen LogP contribution in [0.15, 0.2) is 12.7 Å². The maximum Gasteiger partial charge on any atom is 0.353 e. The standard InChI is InChI=1S/C33H60N5O4PSi/c1-27(23-38-25-37-31-32(34)35-24-36-33(31)38)41-26-43(39,40)42-19-15-13-11-9-7-5-4-6-8-10-12-14-16-20-44(2,3)30-22-28-17-18-29(30)21-28/h24-25,27-30H,4-23,26H2,1-3H3,(H,39,40)(H2,34,35,36)/t27-,28?,29?,30?/m1/s1. The molecule has 2 aromatic heterocycles. The molecular weight excluding hydrogens is 589 g/mol. The van der Waals surface area contributed by atoms with Crippen molar-refractivity contribution in [1.29, 1.82) is 0 Å². The van der Waals surface area contributed by atoms with Crippen molar-refractivity contribution in [2.24, 2.45) is 11.8 Å². The molecule has 3 N–H and O–H groups in total. The van der Waals surface area contributed by atoms with E-state index in [0.717, 1.165) is 36.6 Å². The van der Waals surface area contributed by atoms with E-state index in [1.807, 2.05) is 6.92 Å². The molecule has 0 amide bonds. The number of nitrogen functional groups attached to an aromatic ring is 1. The second kappa shape index (κ2) is 17.6. The minimum absolute atomic E-state index is 0.287. The second-order valence-corrected chi connectivity index (χ2v) is 21.5. The number of unbranched alkanes of at least 4 members (excludes halogenated alkanes) is 12. The van der Waals surface area contributed by atoms with Gasteiger partial charge >= 0.3 is 7.60 Å². The van der Waals surface area contributed by atoms with Crippen molar-refractivity contribution in [3.63, 3.8) is 0 Å². The molecule has 4 unspecified atom stereocenters. The summed E-state index contributed by atoms with van der Waals surface area (Å²) in [6.07, 6.45) is 25.4. The van der Waals surface area contributed by atoms with Gasteiger partial charge in [0.15, 0.2) is 11.5 Å². The van der Waals surface area contributed by atoms with Gasteiger partial charge in [0.05, 0.1) is 33.7 Å². The molecule has 250 valence electrons. The molecule has 44 heavy (non-hydrogen) atoms. The molecule has 2 heterocycles. The van der Waals surface area contributed by atoms with Crippen molar-refractivity contribution in [3.8, 4) is 0 Å². The molecule has 2 fully saturated rings. The quantitative estimate of drug-likeness (QED) is 0.0694. The van der Waals surface area contributed by atoms with Crippen molar-refractivity contribution < 1.29 is 18.7 Å². The Labute approximate surface area is 267 Å². The monoisotopic (exact) mass is 649 g/mol. The summed E-state index contributed by atoms with van der Waals surface area (Å²) in [6, 6.07) is 1.57. The summed E-state index contributed by atoms with van der Waals surface area (Å²) < 4.78 is 25.1. The third-order valence-corrected chi connectivity index (χ3v) is 15.8. The first kappa shape index (κ1) is 35.5. The van der Waals surface area contributed by atoms with Gasteiger partial charge in [-0.3, -0.25) is 4.57 Å². The molecule has 2 bridgehead atoms. The van der Waals surface area contributed by atoms with Gasteiger partial charge < -0.3 is 24.5 Å². The summed E-state index contributed by atoms with van der Waals surface area (Å²) in [4.78, 5) is 22.5. The number of aromatic nitrogens is 4. The van der Waals surface area contributed by atoms with Crippen molar-refractivity contribution in [3.05, 3.63) is 12.7 Å². The average molecular weight is 650 g/mol. The predicted octanol–water partition coefficient (Wildman–Crippen LogP) is 8.94. The van der Waals surface area contributed by atoms with Gasteiger partial charge in [0, 0.05) is 0 Å². The first-order valence-electron chi connectivity index (χ1n) is 17.6. The average Bonchev–Trinajstić information content (AvgIpc) is 3.73. The number of anilines is 1. The molecule has 2 saturated carbocycles. The van der Waals surface area contributed by atoms with E-state index in [2.05, 4.69) is 28.0 Å². The van der Waals surface area contributed by atoms with Crippen molar-refractivity contribution in [1.82, 2.24) is 19.5 Å². The van der Waals surface area contributed by atoms with Crippen LogP contribution in [0.4, 0.5) is 5.82 Å². The molecule has 9 nitrogen and oxygen atoms in total. The number of imidazole rings is 1. The van der Waals surface area contributed by atoms with Crippen LogP contribution in [0.2, 0.25) is 24.7 Å². The zero-order chi connectivity index (χ0) is 31.4. The Balaban J connectivity index is 0.907. The van der Waals surface area contributed by atoms with Crippen LogP contribution in [-0.2, 0) is 20.4 Å². The Kier molecular flexibility index (Phi) is 14.2. The molecule has 0 radical (unpaired) electrons. The summed E-state index contributed by atoms with van der Waals surface area (Å²) in [5.41, 5.74) is 8.12. The summed E-state index contributed by atoms with van der Waals surface area (Å²) in [7, 11) is -4.79. The van der Waals surface area contributed by atoms with Crippen LogP contribution in [0.25, 0.3) is 11.2 Å². The maximum atomic E-state index is 12.4. The lowest BCUT2D eigenvalue weighted by Crippen LogP contribution is -2.35. The van der Waals surface area contributed by atoms with Crippen molar-refractivity contribution in [2.75, 3.05) is 18.7 Å². The van der Waals surface area contributed by atoms with E-state index in [0.29, 0.717) is 23.5 Å². The maximum absolute atomic E-state index is 12.4. The summed E-state index contributed by atoms with van der Waals surface area (Å²) in [6.45, 7) is 7.93. The van der Waals surface area contributed by atoms with E-state index in [1.165, 1.54) is 77.0 Å².